The van der Waals surface area contributed by atoms with E-state index in [-0.39, 0.29) is 35.8 Å². The van der Waals surface area contributed by atoms with Crippen LogP contribution in [0, 0.1) is 6.92 Å². The van der Waals surface area contributed by atoms with Crippen LogP contribution in [0.15, 0.2) is 35.3 Å². The summed E-state index contributed by atoms with van der Waals surface area (Å²) >= 11 is 1.84. The van der Waals surface area contributed by atoms with Crippen LogP contribution in [-0.4, -0.2) is 62.5 Å². The van der Waals surface area contributed by atoms with Gasteiger partial charge in [0.1, 0.15) is 11.5 Å². The van der Waals surface area contributed by atoms with Crippen LogP contribution in [0.4, 0.5) is 0 Å². The number of hydrogen-bond acceptors (Lipinski definition) is 6. The van der Waals surface area contributed by atoms with Crippen molar-refractivity contribution in [3.8, 4) is 11.5 Å². The Morgan fingerprint density at radius 2 is 2.03 bits per heavy atom. The highest BCUT2D eigenvalue weighted by atomic mass is 127. The lowest BCUT2D eigenvalue weighted by Gasteiger charge is -2.34. The van der Waals surface area contributed by atoms with Gasteiger partial charge in [0.05, 0.1) is 32.9 Å². The van der Waals surface area contributed by atoms with Crippen LogP contribution < -0.4 is 15.4 Å². The SMILES string of the molecule is CCNC(=NCc1cc(OC)ccc1O)NCC(c1ccc(C)s1)N1CCOCC1.I. The summed E-state index contributed by atoms with van der Waals surface area (Å²) in [5.74, 6) is 1.65. The van der Waals surface area contributed by atoms with Gasteiger partial charge in [0, 0.05) is 41.5 Å². The van der Waals surface area contributed by atoms with Gasteiger partial charge in [0.25, 0.3) is 0 Å². The minimum Gasteiger partial charge on any atom is -0.508 e. The number of benzene rings is 1. The molecule has 1 atom stereocenters. The summed E-state index contributed by atoms with van der Waals surface area (Å²) in [5.41, 5.74) is 0.727. The molecule has 3 N–H and O–H groups in total. The van der Waals surface area contributed by atoms with Gasteiger partial charge in [-0.2, -0.15) is 0 Å². The monoisotopic (exact) mass is 560 g/mol. The second kappa shape index (κ2) is 13.1. The fourth-order valence-corrected chi connectivity index (χ4v) is 4.46. The number of rotatable bonds is 8. The average Bonchev–Trinajstić information content (AvgIpc) is 3.19. The number of ether oxygens (including phenoxy) is 2. The lowest BCUT2D eigenvalue weighted by Crippen LogP contribution is -2.46. The molecule has 0 saturated carbocycles. The van der Waals surface area contributed by atoms with E-state index in [4.69, 9.17) is 9.47 Å². The highest BCUT2D eigenvalue weighted by molar-refractivity contribution is 14.0. The Balaban J connectivity index is 0.00000341. The fourth-order valence-electron chi connectivity index (χ4n) is 3.45. The Bertz CT molecular complexity index is 840. The summed E-state index contributed by atoms with van der Waals surface area (Å²) in [7, 11) is 1.61. The van der Waals surface area contributed by atoms with Gasteiger partial charge in [0.2, 0.25) is 0 Å². The molecule has 1 aliphatic heterocycles. The summed E-state index contributed by atoms with van der Waals surface area (Å²) in [5, 5.41) is 16.9. The molecule has 0 aliphatic carbocycles. The van der Waals surface area contributed by atoms with E-state index in [0.29, 0.717) is 12.3 Å². The van der Waals surface area contributed by atoms with Gasteiger partial charge >= 0.3 is 0 Å². The van der Waals surface area contributed by atoms with Crippen molar-refractivity contribution in [3.63, 3.8) is 0 Å². The molecule has 0 bridgehead atoms. The van der Waals surface area contributed by atoms with Gasteiger partial charge in [-0.05, 0) is 44.2 Å². The van der Waals surface area contributed by atoms with Crippen LogP contribution in [0.2, 0.25) is 0 Å². The first kappa shape index (κ1) is 25.7. The Morgan fingerprint density at radius 3 is 2.68 bits per heavy atom. The van der Waals surface area contributed by atoms with Crippen molar-refractivity contribution in [1.82, 2.24) is 15.5 Å². The molecule has 0 radical (unpaired) electrons. The Labute approximate surface area is 205 Å². The molecule has 1 unspecified atom stereocenters. The maximum Gasteiger partial charge on any atom is 0.191 e. The maximum atomic E-state index is 10.1. The summed E-state index contributed by atoms with van der Waals surface area (Å²) in [6.07, 6.45) is 0. The van der Waals surface area contributed by atoms with E-state index in [9.17, 15) is 5.11 Å². The van der Waals surface area contributed by atoms with Crippen molar-refractivity contribution in [2.24, 2.45) is 4.99 Å². The number of phenolic OH excluding ortho intramolecular Hbond substituents is 1. The smallest absolute Gasteiger partial charge is 0.191 e. The number of morpholine rings is 1. The van der Waals surface area contributed by atoms with E-state index in [1.54, 1.807) is 19.2 Å². The highest BCUT2D eigenvalue weighted by Gasteiger charge is 2.24. The third kappa shape index (κ3) is 7.51. The van der Waals surface area contributed by atoms with Crippen LogP contribution >= 0.6 is 35.3 Å². The van der Waals surface area contributed by atoms with Crippen molar-refractivity contribution < 1.29 is 14.6 Å². The van der Waals surface area contributed by atoms with Gasteiger partial charge in [0.15, 0.2) is 5.96 Å². The van der Waals surface area contributed by atoms with Gasteiger partial charge in [-0.15, -0.1) is 35.3 Å². The number of guanidine groups is 1. The van der Waals surface area contributed by atoms with E-state index >= 15 is 0 Å². The lowest BCUT2D eigenvalue weighted by molar-refractivity contribution is 0.0177. The predicted molar refractivity (Wildman–Crippen MR) is 137 cm³/mol. The number of halogens is 1. The minimum absolute atomic E-state index is 0. The molecule has 1 fully saturated rings. The summed E-state index contributed by atoms with van der Waals surface area (Å²) in [6, 6.07) is 9.85. The average molecular weight is 561 g/mol. The number of aromatic hydroxyl groups is 1. The number of phenols is 1. The van der Waals surface area contributed by atoms with Crippen molar-refractivity contribution in [3.05, 3.63) is 45.6 Å². The van der Waals surface area contributed by atoms with E-state index in [1.807, 2.05) is 24.3 Å². The molecular weight excluding hydrogens is 527 g/mol. The molecule has 31 heavy (non-hydrogen) atoms. The zero-order chi connectivity index (χ0) is 21.3. The zero-order valence-corrected chi connectivity index (χ0v) is 21.5. The molecule has 1 saturated heterocycles. The molecule has 1 aromatic heterocycles. The molecular formula is C22H33IN4O3S. The van der Waals surface area contributed by atoms with E-state index in [1.165, 1.54) is 9.75 Å². The quantitative estimate of drug-likeness (QED) is 0.261. The van der Waals surface area contributed by atoms with E-state index in [0.717, 1.165) is 50.9 Å². The molecule has 7 nitrogen and oxygen atoms in total. The van der Waals surface area contributed by atoms with Crippen molar-refractivity contribution in [2.75, 3.05) is 46.5 Å². The van der Waals surface area contributed by atoms with E-state index in [2.05, 4.69) is 39.6 Å². The second-order valence-electron chi connectivity index (χ2n) is 7.18. The third-order valence-electron chi connectivity index (χ3n) is 5.08. The van der Waals surface area contributed by atoms with E-state index < -0.39 is 0 Å². The topological polar surface area (TPSA) is 78.4 Å². The second-order valence-corrected chi connectivity index (χ2v) is 8.50. The number of nitrogens with one attached hydrogen (secondary N) is 2. The van der Waals surface area contributed by atoms with Crippen molar-refractivity contribution in [1.29, 1.82) is 0 Å². The first-order valence-corrected chi connectivity index (χ1v) is 11.2. The normalized spacial score (nSPS) is 15.8. The van der Waals surface area contributed by atoms with Crippen LogP contribution in [0.25, 0.3) is 0 Å². The first-order valence-electron chi connectivity index (χ1n) is 10.4. The molecule has 2 heterocycles. The van der Waals surface area contributed by atoms with Gasteiger partial charge < -0.3 is 25.2 Å². The summed E-state index contributed by atoms with van der Waals surface area (Å²) in [6.45, 7) is 9.44. The van der Waals surface area contributed by atoms with Crippen LogP contribution in [0.5, 0.6) is 11.5 Å². The molecule has 9 heteroatoms. The summed E-state index contributed by atoms with van der Waals surface area (Å²) in [4.78, 5) is 9.81. The van der Waals surface area contributed by atoms with Crippen molar-refractivity contribution >= 4 is 41.3 Å². The molecule has 1 aliphatic rings. The number of methoxy groups -OCH3 is 1. The van der Waals surface area contributed by atoms with Crippen molar-refractivity contribution in [2.45, 2.75) is 26.4 Å². The summed E-state index contributed by atoms with van der Waals surface area (Å²) < 4.78 is 10.8. The third-order valence-corrected chi connectivity index (χ3v) is 6.18. The van der Waals surface area contributed by atoms with Crippen LogP contribution in [0.3, 0.4) is 0 Å². The number of nitrogens with zero attached hydrogens (tertiary/aromatic N) is 2. The Hall–Kier alpha value is -1.56. The molecule has 2 aromatic rings. The highest BCUT2D eigenvalue weighted by Crippen LogP contribution is 2.28. The lowest BCUT2D eigenvalue weighted by atomic mass is 10.2. The standard InChI is InChI=1S/C22H32N4O3S.HI/c1-4-23-22(24-14-17-13-18(28-3)6-7-20(17)27)25-15-19(21-8-5-16(2)30-21)26-9-11-29-12-10-26;/h5-8,13,19,27H,4,9-12,14-15H2,1-3H3,(H2,23,24,25);1H. The number of aliphatic imine (C=N–C) groups is 1. The molecule has 3 rings (SSSR count). The van der Waals surface area contributed by atoms with Gasteiger partial charge in [-0.25, -0.2) is 4.99 Å². The minimum atomic E-state index is 0. The molecule has 0 spiro atoms. The number of hydrogen-bond donors (Lipinski definition) is 3. The van der Waals surface area contributed by atoms with Gasteiger partial charge in [-0.3, -0.25) is 4.90 Å². The predicted octanol–water partition coefficient (Wildman–Crippen LogP) is 3.52. The zero-order valence-electron chi connectivity index (χ0n) is 18.4. The number of aryl methyl sites for hydroxylation is 1. The number of thiophene rings is 1. The fraction of sp³-hybridized carbons (Fsp3) is 0.500. The molecule has 0 amide bonds. The van der Waals surface area contributed by atoms with Crippen LogP contribution in [-0.2, 0) is 11.3 Å². The van der Waals surface area contributed by atoms with Gasteiger partial charge in [-0.1, -0.05) is 0 Å². The van der Waals surface area contributed by atoms with Crippen LogP contribution in [0.1, 0.15) is 28.3 Å². The molecule has 1 aromatic carbocycles. The maximum absolute atomic E-state index is 10.1. The molecule has 172 valence electrons. The first-order chi connectivity index (χ1) is 14.6. The largest absolute Gasteiger partial charge is 0.508 e. The Morgan fingerprint density at radius 1 is 1.26 bits per heavy atom. The Kier molecular flexibility index (Phi) is 10.9.